The van der Waals surface area contributed by atoms with Gasteiger partial charge in [0.2, 0.25) is 0 Å². The maximum absolute atomic E-state index is 6.54. The Morgan fingerprint density at radius 1 is 0.472 bits per heavy atom. The molecule has 0 saturated heterocycles. The Bertz CT molecular complexity index is 3020. The van der Waals surface area contributed by atoms with Crippen molar-refractivity contribution in [2.75, 3.05) is 0 Å². The third kappa shape index (κ3) is 4.42. The molecule has 11 rings (SSSR count). The van der Waals surface area contributed by atoms with Crippen molar-refractivity contribution in [2.45, 2.75) is 19.3 Å². The SMILES string of the molecule is CC1(C)c2cc(-c3nc(-c4cc(-c5ccccc5)cc(-c5ccccc5)c4)c4ccccc4n3)ccc2-n2c3c1cccc3c1oc3ccccc3c12. The van der Waals surface area contributed by atoms with Gasteiger partial charge in [0.1, 0.15) is 11.1 Å². The van der Waals surface area contributed by atoms with Crippen molar-refractivity contribution in [2.24, 2.45) is 0 Å². The summed E-state index contributed by atoms with van der Waals surface area (Å²) in [4.78, 5) is 10.6. The van der Waals surface area contributed by atoms with E-state index in [1.807, 2.05) is 6.07 Å². The topological polar surface area (TPSA) is 43.9 Å². The highest BCUT2D eigenvalue weighted by atomic mass is 16.3. The van der Waals surface area contributed by atoms with Gasteiger partial charge in [-0.3, -0.25) is 0 Å². The Balaban J connectivity index is 1.14. The second-order valence-corrected chi connectivity index (χ2v) is 14.6. The smallest absolute Gasteiger partial charge is 0.161 e. The van der Waals surface area contributed by atoms with E-state index in [-0.39, 0.29) is 5.41 Å². The zero-order valence-electron chi connectivity index (χ0n) is 29.3. The van der Waals surface area contributed by atoms with Gasteiger partial charge in [-0.25, -0.2) is 9.97 Å². The normalized spacial score (nSPS) is 13.2. The first-order valence-corrected chi connectivity index (χ1v) is 18.2. The molecule has 1 aliphatic rings. The average molecular weight is 680 g/mol. The van der Waals surface area contributed by atoms with Crippen LogP contribution in [0.1, 0.15) is 25.0 Å². The van der Waals surface area contributed by atoms with Crippen LogP contribution in [0, 0.1) is 0 Å². The van der Waals surface area contributed by atoms with E-state index in [9.17, 15) is 0 Å². The van der Waals surface area contributed by atoms with Gasteiger partial charge in [0.15, 0.2) is 11.4 Å². The van der Waals surface area contributed by atoms with Crippen LogP contribution < -0.4 is 0 Å². The summed E-state index contributed by atoms with van der Waals surface area (Å²) in [6.07, 6.45) is 0. The lowest BCUT2D eigenvalue weighted by Crippen LogP contribution is -2.26. The van der Waals surface area contributed by atoms with Crippen molar-refractivity contribution in [3.05, 3.63) is 175 Å². The van der Waals surface area contributed by atoms with Gasteiger partial charge in [0, 0.05) is 32.7 Å². The zero-order chi connectivity index (χ0) is 35.3. The van der Waals surface area contributed by atoms with Crippen LogP contribution in [0.4, 0.5) is 0 Å². The lowest BCUT2D eigenvalue weighted by atomic mass is 9.74. The van der Waals surface area contributed by atoms with Gasteiger partial charge in [-0.1, -0.05) is 117 Å². The van der Waals surface area contributed by atoms with E-state index in [2.05, 4.69) is 176 Å². The number of hydrogen-bond acceptors (Lipinski definition) is 3. The second-order valence-electron chi connectivity index (χ2n) is 14.6. The number of nitrogens with zero attached hydrogens (tertiary/aromatic N) is 3. The maximum Gasteiger partial charge on any atom is 0.161 e. The molecule has 0 bridgehead atoms. The molecular weight excluding hydrogens is 647 g/mol. The van der Waals surface area contributed by atoms with Crippen LogP contribution in [0.15, 0.2) is 168 Å². The van der Waals surface area contributed by atoms with E-state index in [4.69, 9.17) is 14.4 Å². The third-order valence-electron chi connectivity index (χ3n) is 11.2. The quantitative estimate of drug-likeness (QED) is 0.186. The van der Waals surface area contributed by atoms with E-state index in [1.165, 1.54) is 27.8 Å². The number of benzene rings is 7. The molecule has 0 unspecified atom stereocenters. The number of fused-ring (bicyclic) bond motifs is 8. The summed E-state index contributed by atoms with van der Waals surface area (Å²) in [5.74, 6) is 0.707. The third-order valence-corrected chi connectivity index (χ3v) is 11.2. The van der Waals surface area contributed by atoms with Crippen LogP contribution in [-0.2, 0) is 5.41 Å². The minimum atomic E-state index is -0.277. The molecular formula is C49H33N3O. The van der Waals surface area contributed by atoms with Gasteiger partial charge >= 0.3 is 0 Å². The molecule has 0 aliphatic carbocycles. The number of aromatic nitrogens is 3. The monoisotopic (exact) mass is 679 g/mol. The van der Waals surface area contributed by atoms with Crippen LogP contribution >= 0.6 is 0 Å². The highest BCUT2D eigenvalue weighted by molar-refractivity contribution is 6.18. The van der Waals surface area contributed by atoms with Crippen molar-refractivity contribution >= 4 is 43.9 Å². The summed E-state index contributed by atoms with van der Waals surface area (Å²) in [7, 11) is 0. The lowest BCUT2D eigenvalue weighted by molar-refractivity contribution is 0.630. The molecule has 1 aliphatic heterocycles. The van der Waals surface area contributed by atoms with Crippen molar-refractivity contribution in [3.63, 3.8) is 0 Å². The molecule has 0 fully saturated rings. The maximum atomic E-state index is 6.54. The van der Waals surface area contributed by atoms with Gasteiger partial charge in [-0.05, 0) is 94.0 Å². The summed E-state index contributed by atoms with van der Waals surface area (Å²) < 4.78 is 8.96. The Morgan fingerprint density at radius 3 is 1.87 bits per heavy atom. The van der Waals surface area contributed by atoms with Gasteiger partial charge in [0.25, 0.3) is 0 Å². The largest absolute Gasteiger partial charge is 0.454 e. The number of rotatable bonds is 4. The minimum absolute atomic E-state index is 0.277. The molecule has 3 aromatic heterocycles. The Labute approximate surface area is 306 Å². The average Bonchev–Trinajstić information content (AvgIpc) is 3.75. The molecule has 0 radical (unpaired) electrons. The summed E-state index contributed by atoms with van der Waals surface area (Å²) in [6, 6.07) is 58.1. The molecule has 250 valence electrons. The molecule has 0 spiro atoms. The molecule has 10 aromatic rings. The van der Waals surface area contributed by atoms with E-state index in [1.54, 1.807) is 0 Å². The number of para-hydroxylation sites is 3. The highest BCUT2D eigenvalue weighted by Crippen LogP contribution is 2.50. The van der Waals surface area contributed by atoms with Crippen LogP contribution in [0.5, 0.6) is 0 Å². The Hall–Kier alpha value is -6.78. The lowest BCUT2D eigenvalue weighted by Gasteiger charge is -2.35. The van der Waals surface area contributed by atoms with E-state index < -0.39 is 0 Å². The van der Waals surface area contributed by atoms with Crippen molar-refractivity contribution in [1.29, 1.82) is 0 Å². The number of hydrogen-bond donors (Lipinski definition) is 0. The summed E-state index contributed by atoms with van der Waals surface area (Å²) in [5.41, 5.74) is 16.1. The van der Waals surface area contributed by atoms with Crippen LogP contribution in [-0.4, -0.2) is 14.5 Å². The Morgan fingerprint density at radius 2 is 1.11 bits per heavy atom. The second kappa shape index (κ2) is 11.1. The molecule has 0 saturated carbocycles. The molecule has 0 amide bonds. The van der Waals surface area contributed by atoms with Crippen LogP contribution in [0.25, 0.3) is 94.5 Å². The van der Waals surface area contributed by atoms with E-state index in [0.717, 1.165) is 72.0 Å². The van der Waals surface area contributed by atoms with Crippen LogP contribution in [0.2, 0.25) is 0 Å². The fraction of sp³-hybridized carbons (Fsp3) is 0.0612. The van der Waals surface area contributed by atoms with Crippen molar-refractivity contribution in [3.8, 4) is 50.6 Å². The highest BCUT2D eigenvalue weighted by Gasteiger charge is 2.36. The molecule has 4 heteroatoms. The summed E-state index contributed by atoms with van der Waals surface area (Å²) in [6.45, 7) is 4.65. The summed E-state index contributed by atoms with van der Waals surface area (Å²) >= 11 is 0. The zero-order valence-corrected chi connectivity index (χ0v) is 29.3. The van der Waals surface area contributed by atoms with Gasteiger partial charge < -0.3 is 8.98 Å². The first kappa shape index (κ1) is 29.9. The minimum Gasteiger partial charge on any atom is -0.454 e. The molecule has 4 heterocycles. The van der Waals surface area contributed by atoms with Gasteiger partial charge in [0.05, 0.1) is 22.4 Å². The molecule has 0 atom stereocenters. The molecule has 7 aromatic carbocycles. The standard InChI is InChI=1S/C49H33N3O/c1-49(2)39-21-13-20-38-45(39)52(46-37-19-10-12-23-43(37)53-47(38)46)42-25-24-32(29-40(42)49)48-50-41-22-11-9-18-36(41)44(51-48)35-27-33(30-14-5-3-6-15-30)26-34(28-35)31-16-7-4-8-17-31/h3-29H,1-2H3. The fourth-order valence-corrected chi connectivity index (χ4v) is 8.56. The van der Waals surface area contributed by atoms with E-state index >= 15 is 0 Å². The first-order chi connectivity index (χ1) is 26.0. The van der Waals surface area contributed by atoms with Gasteiger partial charge in [-0.15, -0.1) is 0 Å². The molecule has 4 nitrogen and oxygen atoms in total. The fourth-order valence-electron chi connectivity index (χ4n) is 8.56. The number of furan rings is 1. The van der Waals surface area contributed by atoms with Crippen molar-refractivity contribution < 1.29 is 4.42 Å². The van der Waals surface area contributed by atoms with E-state index in [0.29, 0.717) is 5.82 Å². The predicted octanol–water partition coefficient (Wildman–Crippen LogP) is 12.8. The van der Waals surface area contributed by atoms with Gasteiger partial charge in [-0.2, -0.15) is 0 Å². The Kier molecular flexibility index (Phi) is 6.27. The van der Waals surface area contributed by atoms with Crippen LogP contribution in [0.3, 0.4) is 0 Å². The molecule has 53 heavy (non-hydrogen) atoms. The van der Waals surface area contributed by atoms with Crippen molar-refractivity contribution in [1.82, 2.24) is 14.5 Å². The summed E-state index contributed by atoms with van der Waals surface area (Å²) in [5, 5.41) is 3.29. The molecule has 0 N–H and O–H groups in total. The first-order valence-electron chi connectivity index (χ1n) is 18.2. The predicted molar refractivity (Wildman–Crippen MR) is 218 cm³/mol.